The van der Waals surface area contributed by atoms with Gasteiger partial charge in [0, 0.05) is 6.04 Å². The molecule has 19 heavy (non-hydrogen) atoms. The summed E-state index contributed by atoms with van der Waals surface area (Å²) in [5, 5.41) is 2.79. The minimum atomic E-state index is -0.409. The molecule has 0 saturated carbocycles. The zero-order chi connectivity index (χ0) is 13.8. The third-order valence-electron chi connectivity index (χ3n) is 2.73. The van der Waals surface area contributed by atoms with Crippen molar-refractivity contribution in [1.29, 1.82) is 0 Å². The smallest absolute Gasteiger partial charge is 0.252 e. The maximum atomic E-state index is 13.4. The van der Waals surface area contributed by atoms with Crippen LogP contribution in [0.5, 0.6) is 0 Å². The highest BCUT2D eigenvalue weighted by Gasteiger charge is 2.14. The minimum Gasteiger partial charge on any atom is -0.350 e. The summed E-state index contributed by atoms with van der Waals surface area (Å²) in [7, 11) is 0. The number of halogens is 1. The molecule has 2 aromatic carbocycles. The van der Waals surface area contributed by atoms with E-state index in [1.807, 2.05) is 44.2 Å². The van der Waals surface area contributed by atoms with Crippen LogP contribution in [0.4, 0.5) is 4.39 Å². The molecule has 3 heteroatoms. The van der Waals surface area contributed by atoms with Crippen molar-refractivity contribution in [2.75, 3.05) is 0 Å². The predicted octanol–water partition coefficient (Wildman–Crippen LogP) is 3.63. The fraction of sp³-hybridized carbons (Fsp3) is 0.188. The molecule has 2 rings (SSSR count). The summed E-state index contributed by atoms with van der Waals surface area (Å²) in [5.74, 6) is -0.665. The van der Waals surface area contributed by atoms with Crippen molar-refractivity contribution in [3.63, 3.8) is 0 Å². The Morgan fingerprint density at radius 3 is 2.42 bits per heavy atom. The molecule has 0 unspecified atom stereocenters. The van der Waals surface area contributed by atoms with Gasteiger partial charge in [0.05, 0.1) is 5.56 Å². The topological polar surface area (TPSA) is 29.1 Å². The van der Waals surface area contributed by atoms with E-state index in [2.05, 4.69) is 5.32 Å². The molecule has 2 aromatic rings. The number of benzene rings is 2. The SMILES string of the molecule is CC(C)NC(=O)c1cc(F)ccc1-c1ccccc1. The molecule has 0 radical (unpaired) electrons. The van der Waals surface area contributed by atoms with Gasteiger partial charge >= 0.3 is 0 Å². The molecule has 0 atom stereocenters. The normalized spacial score (nSPS) is 10.5. The molecule has 0 fully saturated rings. The number of amides is 1. The van der Waals surface area contributed by atoms with Crippen molar-refractivity contribution in [1.82, 2.24) is 5.32 Å². The second-order valence-electron chi connectivity index (χ2n) is 4.68. The van der Waals surface area contributed by atoms with E-state index in [0.29, 0.717) is 5.56 Å². The van der Waals surface area contributed by atoms with E-state index in [-0.39, 0.29) is 11.9 Å². The van der Waals surface area contributed by atoms with Gasteiger partial charge < -0.3 is 5.32 Å². The monoisotopic (exact) mass is 257 g/mol. The van der Waals surface area contributed by atoms with E-state index in [9.17, 15) is 9.18 Å². The van der Waals surface area contributed by atoms with Crippen LogP contribution in [0.1, 0.15) is 24.2 Å². The Bertz CT molecular complexity index is 579. The predicted molar refractivity (Wildman–Crippen MR) is 74.4 cm³/mol. The zero-order valence-electron chi connectivity index (χ0n) is 11.0. The van der Waals surface area contributed by atoms with Crippen LogP contribution in [-0.2, 0) is 0 Å². The summed E-state index contributed by atoms with van der Waals surface area (Å²) in [6.07, 6.45) is 0. The van der Waals surface area contributed by atoms with Gasteiger partial charge in [-0.25, -0.2) is 4.39 Å². The van der Waals surface area contributed by atoms with E-state index in [4.69, 9.17) is 0 Å². The van der Waals surface area contributed by atoms with Crippen molar-refractivity contribution in [2.24, 2.45) is 0 Å². The van der Waals surface area contributed by atoms with Gasteiger partial charge in [0.15, 0.2) is 0 Å². The Balaban J connectivity index is 2.47. The first kappa shape index (κ1) is 13.3. The highest BCUT2D eigenvalue weighted by atomic mass is 19.1. The fourth-order valence-electron chi connectivity index (χ4n) is 1.91. The van der Waals surface area contributed by atoms with Crippen molar-refractivity contribution in [3.05, 3.63) is 59.9 Å². The van der Waals surface area contributed by atoms with E-state index < -0.39 is 5.82 Å². The lowest BCUT2D eigenvalue weighted by molar-refractivity contribution is 0.0943. The Morgan fingerprint density at radius 1 is 1.11 bits per heavy atom. The molecular weight excluding hydrogens is 241 g/mol. The van der Waals surface area contributed by atoms with E-state index in [0.717, 1.165) is 11.1 Å². The number of carbonyl (C=O) groups excluding carboxylic acids is 1. The first-order chi connectivity index (χ1) is 9.08. The number of carbonyl (C=O) groups is 1. The van der Waals surface area contributed by atoms with Crippen molar-refractivity contribution >= 4 is 5.91 Å². The van der Waals surface area contributed by atoms with Crippen LogP contribution in [0.3, 0.4) is 0 Å². The zero-order valence-corrected chi connectivity index (χ0v) is 11.0. The second kappa shape index (κ2) is 5.65. The molecule has 1 amide bonds. The molecule has 0 aromatic heterocycles. The van der Waals surface area contributed by atoms with E-state index in [1.54, 1.807) is 6.07 Å². The average Bonchev–Trinajstić information content (AvgIpc) is 2.39. The summed E-state index contributed by atoms with van der Waals surface area (Å²) in [6, 6.07) is 13.8. The maximum Gasteiger partial charge on any atom is 0.252 e. The fourth-order valence-corrected chi connectivity index (χ4v) is 1.91. The average molecular weight is 257 g/mol. The first-order valence-electron chi connectivity index (χ1n) is 6.24. The van der Waals surface area contributed by atoms with Crippen LogP contribution in [0.25, 0.3) is 11.1 Å². The first-order valence-corrected chi connectivity index (χ1v) is 6.24. The number of nitrogens with one attached hydrogen (secondary N) is 1. The molecule has 0 saturated heterocycles. The largest absolute Gasteiger partial charge is 0.350 e. The number of rotatable bonds is 3. The van der Waals surface area contributed by atoms with Crippen molar-refractivity contribution < 1.29 is 9.18 Å². The van der Waals surface area contributed by atoms with Gasteiger partial charge in [-0.3, -0.25) is 4.79 Å². The van der Waals surface area contributed by atoms with Crippen LogP contribution in [0.2, 0.25) is 0 Å². The second-order valence-corrected chi connectivity index (χ2v) is 4.68. The van der Waals surface area contributed by atoms with E-state index in [1.165, 1.54) is 12.1 Å². The Hall–Kier alpha value is -2.16. The molecule has 0 aliphatic heterocycles. The Morgan fingerprint density at radius 2 is 1.79 bits per heavy atom. The van der Waals surface area contributed by atoms with Crippen molar-refractivity contribution in [3.8, 4) is 11.1 Å². The summed E-state index contributed by atoms with van der Waals surface area (Å²) in [5.41, 5.74) is 2.00. The lowest BCUT2D eigenvalue weighted by Gasteiger charge is -2.12. The summed E-state index contributed by atoms with van der Waals surface area (Å²) in [4.78, 5) is 12.1. The quantitative estimate of drug-likeness (QED) is 0.893. The highest BCUT2D eigenvalue weighted by molar-refractivity contribution is 6.01. The summed E-state index contributed by atoms with van der Waals surface area (Å²) >= 11 is 0. The van der Waals surface area contributed by atoms with Gasteiger partial charge in [-0.2, -0.15) is 0 Å². The Kier molecular flexibility index (Phi) is 3.95. The minimum absolute atomic E-state index is 0.0133. The molecule has 1 N–H and O–H groups in total. The molecule has 2 nitrogen and oxygen atoms in total. The molecule has 0 bridgehead atoms. The molecule has 0 aliphatic carbocycles. The molecule has 0 heterocycles. The molecule has 0 aliphatic rings. The summed E-state index contributed by atoms with van der Waals surface area (Å²) in [6.45, 7) is 3.75. The van der Waals surface area contributed by atoms with Crippen LogP contribution >= 0.6 is 0 Å². The van der Waals surface area contributed by atoms with Gasteiger partial charge in [-0.1, -0.05) is 36.4 Å². The standard InChI is InChI=1S/C16H16FNO/c1-11(2)18-16(19)15-10-13(17)8-9-14(15)12-6-4-3-5-7-12/h3-11H,1-2H3,(H,18,19). The number of hydrogen-bond donors (Lipinski definition) is 1. The maximum absolute atomic E-state index is 13.4. The molecule has 0 spiro atoms. The van der Waals surface area contributed by atoms with Gasteiger partial charge in [-0.05, 0) is 37.1 Å². The summed E-state index contributed by atoms with van der Waals surface area (Å²) < 4.78 is 13.4. The van der Waals surface area contributed by atoms with Crippen molar-refractivity contribution in [2.45, 2.75) is 19.9 Å². The van der Waals surface area contributed by atoms with E-state index >= 15 is 0 Å². The highest BCUT2D eigenvalue weighted by Crippen LogP contribution is 2.24. The molecular formula is C16H16FNO. The van der Waals surface area contributed by atoms with Gasteiger partial charge in [0.2, 0.25) is 0 Å². The lowest BCUT2D eigenvalue weighted by Crippen LogP contribution is -2.30. The lowest BCUT2D eigenvalue weighted by atomic mass is 9.99. The third kappa shape index (κ3) is 3.19. The van der Waals surface area contributed by atoms with Crippen LogP contribution in [-0.4, -0.2) is 11.9 Å². The van der Waals surface area contributed by atoms with Gasteiger partial charge in [0.25, 0.3) is 5.91 Å². The van der Waals surface area contributed by atoms with Gasteiger partial charge in [0.1, 0.15) is 5.82 Å². The van der Waals surface area contributed by atoms with Crippen LogP contribution in [0.15, 0.2) is 48.5 Å². The van der Waals surface area contributed by atoms with Gasteiger partial charge in [-0.15, -0.1) is 0 Å². The van der Waals surface area contributed by atoms with Crippen LogP contribution < -0.4 is 5.32 Å². The third-order valence-corrected chi connectivity index (χ3v) is 2.73. The van der Waals surface area contributed by atoms with Crippen LogP contribution in [0, 0.1) is 5.82 Å². The molecule has 98 valence electrons. The number of hydrogen-bond acceptors (Lipinski definition) is 1. The Labute approximate surface area is 112 Å².